The summed E-state index contributed by atoms with van der Waals surface area (Å²) >= 11 is 0. The van der Waals surface area contributed by atoms with E-state index in [1.807, 2.05) is 25.7 Å². The number of hydrogen-bond acceptors (Lipinski definition) is 21. The smallest absolute Gasteiger partial charge is 0.328 e. The molecule has 15 rings (SSSR count). The van der Waals surface area contributed by atoms with E-state index in [2.05, 4.69) is 59.3 Å². The van der Waals surface area contributed by atoms with E-state index in [0.717, 1.165) is 12.0 Å². The first-order valence-electron chi connectivity index (χ1n) is 31.9. The highest BCUT2D eigenvalue weighted by Gasteiger charge is 2.66. The van der Waals surface area contributed by atoms with E-state index in [1.54, 1.807) is 40.7 Å². The van der Waals surface area contributed by atoms with Crippen LogP contribution < -0.4 is 46.6 Å². The lowest BCUT2D eigenvalue weighted by atomic mass is 9.62. The molecular weight excluding hydrogens is 1290 g/mol. The minimum absolute atomic E-state index is 0.00614. The number of anilines is 3. The number of nitrogens with one attached hydrogen (secondary N) is 6. The molecule has 6 saturated heterocycles. The van der Waals surface area contributed by atoms with Crippen molar-refractivity contribution in [1.29, 1.82) is 0 Å². The van der Waals surface area contributed by atoms with Crippen LogP contribution in [0.4, 0.5) is 53.4 Å². The molecule has 6 N–H and O–H groups in total. The van der Waals surface area contributed by atoms with E-state index in [0.29, 0.717) is 52.6 Å². The molecule has 6 aromatic rings. The zero-order valence-electron chi connectivity index (χ0n) is 54.9. The lowest BCUT2D eigenvalue weighted by molar-refractivity contribution is -0.154. The molecule has 6 fully saturated rings. The Labute approximate surface area is 554 Å². The summed E-state index contributed by atoms with van der Waals surface area (Å²) in [6.45, 7) is 18.5. The maximum Gasteiger partial charge on any atom is 0.328 e. The first-order chi connectivity index (χ1) is 46.4. The van der Waals surface area contributed by atoms with Crippen LogP contribution in [0.1, 0.15) is 92.7 Å². The topological polar surface area (TPSA) is 345 Å². The van der Waals surface area contributed by atoms with Gasteiger partial charge >= 0.3 is 18.1 Å². The maximum absolute atomic E-state index is 15.6. The third-order valence-corrected chi connectivity index (χ3v) is 20.9. The molecule has 0 bridgehead atoms. The van der Waals surface area contributed by atoms with Gasteiger partial charge in [-0.3, -0.25) is 60.7 Å². The van der Waals surface area contributed by atoms with Crippen molar-refractivity contribution in [3.8, 4) is 33.9 Å². The number of benzene rings is 3. The number of carbonyl (C=O) groups is 9. The van der Waals surface area contributed by atoms with E-state index in [-0.39, 0.29) is 113 Å². The van der Waals surface area contributed by atoms with E-state index >= 15 is 22.0 Å². The van der Waals surface area contributed by atoms with Gasteiger partial charge in [-0.1, -0.05) is 36.2 Å². The highest BCUT2D eigenvalue weighted by Crippen LogP contribution is 2.54. The largest absolute Gasteiger partial charge is 0.380 e. The van der Waals surface area contributed by atoms with Crippen molar-refractivity contribution < 1.29 is 88.1 Å². The van der Waals surface area contributed by atoms with Gasteiger partial charge in [0.1, 0.15) is 28.7 Å². The van der Waals surface area contributed by atoms with Crippen LogP contribution in [0.25, 0.3) is 33.9 Å². The van der Waals surface area contributed by atoms with E-state index in [9.17, 15) is 43.2 Å². The number of aryl methyl sites for hydroxylation is 3. The first-order valence-corrected chi connectivity index (χ1v) is 31.9. The number of ether oxygens (including phenoxy) is 2. The molecule has 12 heterocycles. The number of urea groups is 3. The Bertz CT molecular complexity index is 4370. The van der Waals surface area contributed by atoms with Gasteiger partial charge in [-0.05, 0) is 126 Å². The molecule has 0 saturated carbocycles. The summed E-state index contributed by atoms with van der Waals surface area (Å²) in [5.41, 5.74) is -1.54. The molecule has 9 aliphatic rings. The van der Waals surface area contributed by atoms with Crippen molar-refractivity contribution in [1.82, 2.24) is 52.4 Å². The number of fused-ring (bicyclic) bond motifs is 12. The number of barbiturate groups is 3. The molecule has 9 aliphatic heterocycles. The number of rotatable bonds is 4. The number of methoxy groups -OCH3 is 1. The summed E-state index contributed by atoms with van der Waals surface area (Å²) in [6, 6.07) is 0.941. The average molecular weight is 1360 g/mol. The lowest BCUT2D eigenvalue weighted by Crippen LogP contribution is -2.75. The molecule has 3 aromatic heterocycles. The minimum atomic E-state index is -1.78. The molecule has 516 valence electrons. The maximum atomic E-state index is 15.6. The molecule has 0 unspecified atom stereocenters. The number of piperidine rings is 2. The van der Waals surface area contributed by atoms with Gasteiger partial charge in [-0.25, -0.2) is 36.3 Å². The number of nitrogens with zero attached hydrogens (tertiary/aromatic N) is 7. The third-order valence-electron chi connectivity index (χ3n) is 20.9. The number of morpholine rings is 1. The SMILES string of the molecule is CO[C@H]1C[C@@H](C)[C@H]2N(C1)c1c(cc(-c3noc(C)n3)c(F)c1F)CC21C(=O)NC(=O)NC1=O.Cc1onc(-c2cc(F)c3c(c2)CC2(C(=O)NC(=O)NC2=O)[C@H]2[C@H](C)C[C@H](C)CN32)c1C.Cc1onc(-c2cc3c(c(F)c2F)N2C[C@@H](C)O[C@@H](C)[C@@H]2C2(C3)C(=O)NC(=O)NC2=O)c1C. The second kappa shape index (κ2) is 23.9. The van der Waals surface area contributed by atoms with Gasteiger partial charge in [0, 0.05) is 62.3 Å². The minimum Gasteiger partial charge on any atom is -0.380 e. The Kier molecular flexibility index (Phi) is 16.3. The molecule has 0 aliphatic carbocycles. The predicted octanol–water partition coefficient (Wildman–Crippen LogP) is 6.45. The highest BCUT2D eigenvalue weighted by molar-refractivity contribution is 6.22. The Balaban J connectivity index is 0.000000132. The fourth-order valence-electron chi connectivity index (χ4n) is 16.8. The Morgan fingerprint density at radius 1 is 0.500 bits per heavy atom. The molecule has 0 radical (unpaired) electrons. The van der Waals surface area contributed by atoms with E-state index in [4.69, 9.17) is 23.0 Å². The second-order valence-electron chi connectivity index (χ2n) is 27.1. The summed E-state index contributed by atoms with van der Waals surface area (Å²) in [5.74, 6) is -8.37. The molecule has 98 heavy (non-hydrogen) atoms. The number of amides is 12. The van der Waals surface area contributed by atoms with Gasteiger partial charge in [0.05, 0.1) is 59.1 Å². The zero-order valence-corrected chi connectivity index (χ0v) is 54.9. The van der Waals surface area contributed by atoms with Gasteiger partial charge in [-0.2, -0.15) is 4.98 Å². The summed E-state index contributed by atoms with van der Waals surface area (Å²) in [7, 11) is 1.51. The predicted molar refractivity (Wildman–Crippen MR) is 331 cm³/mol. The molecule has 27 nitrogen and oxygen atoms in total. The fourth-order valence-corrected chi connectivity index (χ4v) is 16.8. The molecule has 3 spiro atoms. The number of imide groups is 6. The molecule has 12 amide bonds. The van der Waals surface area contributed by atoms with Gasteiger partial charge in [0.25, 0.3) is 0 Å². The van der Waals surface area contributed by atoms with Crippen LogP contribution >= 0.6 is 0 Å². The van der Waals surface area contributed by atoms with Gasteiger partial charge in [-0.15, -0.1) is 0 Å². The van der Waals surface area contributed by atoms with E-state index < -0.39 is 123 Å². The Hall–Kier alpha value is -9.98. The van der Waals surface area contributed by atoms with Crippen molar-refractivity contribution in [3.63, 3.8) is 0 Å². The van der Waals surface area contributed by atoms with Crippen molar-refractivity contribution in [2.45, 2.75) is 138 Å². The fraction of sp³-hybridized carbons (Fsp3) is 0.470. The highest BCUT2D eigenvalue weighted by atomic mass is 19.2. The van der Waals surface area contributed by atoms with Crippen LogP contribution in [-0.2, 0) is 57.5 Å². The van der Waals surface area contributed by atoms with Gasteiger partial charge in [0.15, 0.2) is 39.5 Å². The standard InChI is InChI=1S/C23H25FN4O4.C22H22F2N4O5.C21H21F2N5O5/c1-10-5-11(2)19-23(20(29)25-22(31)26-21(23)30)8-15-6-14(17-12(3)13(4)32-27-17)7-16(24)18(15)28(19)9-10;1-8-7-28-17-12(5-13(14(23)15(17)24)16-9(2)10(3)33-27-16)6-22(18(28)11(4)32-8)19(29)25-21(31)26-20(22)30;1-8-4-11(32-3)7-28-15-10(5-12(13(22)14(15)23)17-24-9(2)33-27-17)6-21(16(8)28)18(29)25-20(31)26-19(21)30/h6-7,10-11,19H,5,8-9H2,1-4H3,(H2,25,26,29,30,31);5,8,11,18H,6-7H2,1-4H3,(H2,25,26,29,30,31);5,8,11,16H,4,6-7H2,1-3H3,(H2,25,26,29,30,31)/t10-,11+,19+;8-,11+,18-;8-,11+,16-/m011/s1. The van der Waals surface area contributed by atoms with Crippen molar-refractivity contribution in [3.05, 3.63) is 98.6 Å². The number of carbonyl (C=O) groups excluding carboxylic acids is 9. The Morgan fingerprint density at radius 3 is 1.41 bits per heavy atom. The molecule has 32 heteroatoms. The third kappa shape index (κ3) is 10.1. The zero-order chi connectivity index (χ0) is 70.4. The van der Waals surface area contributed by atoms with Crippen LogP contribution in [-0.4, -0.2) is 137 Å². The van der Waals surface area contributed by atoms with Crippen LogP contribution in [0, 0.1) is 97.7 Å². The normalized spacial score (nSPS) is 26.2. The van der Waals surface area contributed by atoms with Crippen molar-refractivity contribution in [2.24, 2.45) is 34.0 Å². The number of aromatic nitrogens is 4. The van der Waals surface area contributed by atoms with Gasteiger partial charge < -0.3 is 37.7 Å². The number of hydrogen-bond donors (Lipinski definition) is 6. The Morgan fingerprint density at radius 2 is 0.939 bits per heavy atom. The first kappa shape index (κ1) is 66.6. The van der Waals surface area contributed by atoms with E-state index in [1.165, 1.54) is 42.0 Å². The van der Waals surface area contributed by atoms with Gasteiger partial charge in [0.2, 0.25) is 47.2 Å². The molecule has 3 aromatic carbocycles. The van der Waals surface area contributed by atoms with Crippen LogP contribution in [0.15, 0.2) is 37.8 Å². The van der Waals surface area contributed by atoms with Crippen LogP contribution in [0.5, 0.6) is 0 Å². The van der Waals surface area contributed by atoms with Crippen LogP contribution in [0.2, 0.25) is 0 Å². The average Bonchev–Trinajstić information content (AvgIpc) is 1.24. The lowest BCUT2D eigenvalue weighted by Gasteiger charge is -2.55. The summed E-state index contributed by atoms with van der Waals surface area (Å²) in [5, 5.41) is 24.9. The molecular formula is C66H68F5N13O14. The quantitative estimate of drug-likeness (QED) is 0.0816. The summed E-state index contributed by atoms with van der Waals surface area (Å²) in [6.07, 6.45) is -0.607. The van der Waals surface area contributed by atoms with Crippen LogP contribution in [0.3, 0.4) is 0 Å². The number of halogens is 5. The summed E-state index contributed by atoms with van der Waals surface area (Å²) < 4.78 is 104. The van der Waals surface area contributed by atoms with Crippen molar-refractivity contribution >= 4 is 70.6 Å². The van der Waals surface area contributed by atoms with Crippen molar-refractivity contribution in [2.75, 3.05) is 41.4 Å². The molecule has 9 atom stereocenters. The summed E-state index contributed by atoms with van der Waals surface area (Å²) in [4.78, 5) is 124. The second-order valence-corrected chi connectivity index (χ2v) is 27.1. The monoisotopic (exact) mass is 1360 g/mol.